The Labute approximate surface area is 166 Å². The van der Waals surface area contributed by atoms with E-state index in [2.05, 4.69) is 4.72 Å². The fraction of sp³-hybridized carbons (Fsp3) is 0.588. The predicted molar refractivity (Wildman–Crippen MR) is 106 cm³/mol. The van der Waals surface area contributed by atoms with Crippen molar-refractivity contribution in [2.45, 2.75) is 25.2 Å². The van der Waals surface area contributed by atoms with Crippen molar-refractivity contribution in [3.05, 3.63) is 23.3 Å². The topological polar surface area (TPSA) is 113 Å². The van der Waals surface area contributed by atoms with Gasteiger partial charge in [0.2, 0.25) is 26.0 Å². The number of morpholine rings is 1. The van der Waals surface area contributed by atoms with Crippen LogP contribution in [0, 0.1) is 13.8 Å². The molecule has 0 aliphatic carbocycles. The molecular weight excluding hydrogens is 406 g/mol. The van der Waals surface area contributed by atoms with Crippen LogP contribution in [0.1, 0.15) is 17.5 Å². The molecule has 0 spiro atoms. The van der Waals surface area contributed by atoms with Gasteiger partial charge in [-0.1, -0.05) is 6.07 Å². The van der Waals surface area contributed by atoms with E-state index in [1.165, 1.54) is 13.1 Å². The maximum Gasteiger partial charge on any atom is 0.240 e. The van der Waals surface area contributed by atoms with Gasteiger partial charge in [-0.15, -0.1) is 0 Å². The molecule has 1 N–H and O–H groups in total. The molecule has 0 saturated carbocycles. The number of nitrogens with zero attached hydrogens (tertiary/aromatic N) is 2. The summed E-state index contributed by atoms with van der Waals surface area (Å²) in [5.41, 5.74) is 1.31. The van der Waals surface area contributed by atoms with Gasteiger partial charge < -0.3 is 9.64 Å². The number of nitrogens with one attached hydrogen (secondary N) is 1. The molecule has 1 aromatic carbocycles. The van der Waals surface area contributed by atoms with Crippen molar-refractivity contribution in [1.29, 1.82) is 0 Å². The quantitative estimate of drug-likeness (QED) is 0.658. The first-order valence-electron chi connectivity index (χ1n) is 8.84. The number of sulfonamides is 2. The van der Waals surface area contributed by atoms with E-state index in [1.807, 2.05) is 0 Å². The number of benzene rings is 1. The molecule has 1 aromatic rings. The molecule has 1 aliphatic rings. The number of carbonyl (C=O) groups is 1. The third kappa shape index (κ3) is 5.22. The summed E-state index contributed by atoms with van der Waals surface area (Å²) in [6, 6.07) is 3.01. The summed E-state index contributed by atoms with van der Waals surface area (Å²) in [5.74, 6) is -0.135. The van der Waals surface area contributed by atoms with Crippen LogP contribution in [-0.2, 0) is 29.6 Å². The molecule has 1 fully saturated rings. The number of rotatable bonds is 7. The van der Waals surface area contributed by atoms with Gasteiger partial charge in [-0.25, -0.2) is 21.6 Å². The molecule has 158 valence electrons. The second-order valence-corrected chi connectivity index (χ2v) is 10.5. The summed E-state index contributed by atoms with van der Waals surface area (Å²) >= 11 is 0. The minimum absolute atomic E-state index is 0.0116. The Morgan fingerprint density at radius 1 is 1.18 bits per heavy atom. The fourth-order valence-electron chi connectivity index (χ4n) is 3.10. The number of anilines is 1. The zero-order valence-corrected chi connectivity index (χ0v) is 18.2. The first-order chi connectivity index (χ1) is 12.9. The van der Waals surface area contributed by atoms with Gasteiger partial charge in [0.15, 0.2) is 0 Å². The van der Waals surface area contributed by atoms with Crippen molar-refractivity contribution in [2.24, 2.45) is 0 Å². The van der Waals surface area contributed by atoms with Crippen molar-refractivity contribution in [2.75, 3.05) is 50.5 Å². The molecule has 1 heterocycles. The van der Waals surface area contributed by atoms with Gasteiger partial charge >= 0.3 is 0 Å². The summed E-state index contributed by atoms with van der Waals surface area (Å²) in [7, 11) is -6.06. The monoisotopic (exact) mass is 433 g/mol. The van der Waals surface area contributed by atoms with Gasteiger partial charge in [0, 0.05) is 33.1 Å². The lowest BCUT2D eigenvalue weighted by Gasteiger charge is -2.27. The second kappa shape index (κ2) is 8.76. The van der Waals surface area contributed by atoms with Gasteiger partial charge in [0.25, 0.3) is 0 Å². The highest BCUT2D eigenvalue weighted by Crippen LogP contribution is 2.30. The van der Waals surface area contributed by atoms with Gasteiger partial charge in [-0.2, -0.15) is 0 Å². The molecule has 0 radical (unpaired) electrons. The average molecular weight is 434 g/mol. The molecule has 2 rings (SSSR count). The molecule has 1 amide bonds. The van der Waals surface area contributed by atoms with E-state index in [4.69, 9.17) is 4.74 Å². The Bertz CT molecular complexity index is 938. The Balaban J connectivity index is 2.16. The van der Waals surface area contributed by atoms with E-state index in [0.29, 0.717) is 43.1 Å². The lowest BCUT2D eigenvalue weighted by Crippen LogP contribution is -2.42. The lowest BCUT2D eigenvalue weighted by atomic mass is 10.1. The molecule has 9 nitrogen and oxygen atoms in total. The normalized spacial score (nSPS) is 15.5. The van der Waals surface area contributed by atoms with E-state index in [9.17, 15) is 21.6 Å². The Morgan fingerprint density at radius 2 is 1.79 bits per heavy atom. The number of hydrogen-bond donors (Lipinski definition) is 1. The summed E-state index contributed by atoms with van der Waals surface area (Å²) in [6.45, 7) is 5.22. The minimum atomic E-state index is -3.90. The Kier molecular flexibility index (Phi) is 7.07. The summed E-state index contributed by atoms with van der Waals surface area (Å²) < 4.78 is 57.9. The van der Waals surface area contributed by atoms with Crippen LogP contribution in [-0.4, -0.2) is 73.8 Å². The maximum absolute atomic E-state index is 12.7. The fourth-order valence-corrected chi connectivity index (χ4v) is 4.99. The largest absolute Gasteiger partial charge is 0.378 e. The first kappa shape index (κ1) is 22.6. The zero-order chi connectivity index (χ0) is 21.1. The molecular formula is C17H27N3O6S2. The van der Waals surface area contributed by atoms with E-state index in [-0.39, 0.29) is 23.8 Å². The van der Waals surface area contributed by atoms with Crippen LogP contribution in [0.2, 0.25) is 0 Å². The third-order valence-corrected chi connectivity index (χ3v) is 7.46. The van der Waals surface area contributed by atoms with Crippen molar-refractivity contribution in [3.8, 4) is 0 Å². The highest BCUT2D eigenvalue weighted by Gasteiger charge is 2.24. The zero-order valence-electron chi connectivity index (χ0n) is 16.6. The van der Waals surface area contributed by atoms with Crippen molar-refractivity contribution >= 4 is 31.6 Å². The smallest absolute Gasteiger partial charge is 0.240 e. The molecule has 1 saturated heterocycles. The standard InChI is InChI=1S/C17H27N3O6S2/c1-13-5-6-15(14(2)17(13)19(3)27(4,22)23)28(24,25)18-8-7-16(21)20-9-11-26-12-10-20/h5-6,18H,7-12H2,1-4H3. The van der Waals surface area contributed by atoms with Crippen LogP contribution >= 0.6 is 0 Å². The molecule has 28 heavy (non-hydrogen) atoms. The molecule has 0 atom stereocenters. The number of amides is 1. The molecule has 0 aromatic heterocycles. The molecule has 1 aliphatic heterocycles. The van der Waals surface area contributed by atoms with Crippen LogP contribution in [0.4, 0.5) is 5.69 Å². The first-order valence-corrected chi connectivity index (χ1v) is 12.2. The number of ether oxygens (including phenoxy) is 1. The lowest BCUT2D eigenvalue weighted by molar-refractivity contribution is -0.135. The van der Waals surface area contributed by atoms with Crippen molar-refractivity contribution in [1.82, 2.24) is 9.62 Å². The highest BCUT2D eigenvalue weighted by molar-refractivity contribution is 7.92. The van der Waals surface area contributed by atoms with Crippen LogP contribution in [0.3, 0.4) is 0 Å². The Morgan fingerprint density at radius 3 is 2.36 bits per heavy atom. The summed E-state index contributed by atoms with van der Waals surface area (Å²) in [6.07, 6.45) is 1.10. The number of carbonyl (C=O) groups excluding carboxylic acids is 1. The van der Waals surface area contributed by atoms with E-state index >= 15 is 0 Å². The third-order valence-electron chi connectivity index (χ3n) is 4.68. The highest BCUT2D eigenvalue weighted by atomic mass is 32.2. The average Bonchev–Trinajstić information content (AvgIpc) is 2.61. The van der Waals surface area contributed by atoms with E-state index < -0.39 is 20.0 Å². The summed E-state index contributed by atoms with van der Waals surface area (Å²) in [4.78, 5) is 13.8. The minimum Gasteiger partial charge on any atom is -0.378 e. The van der Waals surface area contributed by atoms with E-state index in [1.54, 1.807) is 24.8 Å². The van der Waals surface area contributed by atoms with Crippen molar-refractivity contribution in [3.63, 3.8) is 0 Å². The van der Waals surface area contributed by atoms with E-state index in [0.717, 1.165) is 10.6 Å². The number of hydrogen-bond acceptors (Lipinski definition) is 6. The Hall–Kier alpha value is -1.69. The van der Waals surface area contributed by atoms with Gasteiger partial charge in [-0.3, -0.25) is 9.10 Å². The van der Waals surface area contributed by atoms with Crippen LogP contribution < -0.4 is 9.03 Å². The van der Waals surface area contributed by atoms with Crippen molar-refractivity contribution < 1.29 is 26.4 Å². The van der Waals surface area contributed by atoms with Gasteiger partial charge in [0.05, 0.1) is 30.1 Å². The van der Waals surface area contributed by atoms with Gasteiger partial charge in [0.1, 0.15) is 0 Å². The molecule has 0 bridgehead atoms. The van der Waals surface area contributed by atoms with Crippen LogP contribution in [0.5, 0.6) is 0 Å². The SMILES string of the molecule is Cc1ccc(S(=O)(=O)NCCC(=O)N2CCOCC2)c(C)c1N(C)S(C)(=O)=O. The van der Waals surface area contributed by atoms with Crippen LogP contribution in [0.15, 0.2) is 17.0 Å². The van der Waals surface area contributed by atoms with Gasteiger partial charge in [-0.05, 0) is 31.0 Å². The van der Waals surface area contributed by atoms with Crippen LogP contribution in [0.25, 0.3) is 0 Å². The maximum atomic E-state index is 12.7. The summed E-state index contributed by atoms with van der Waals surface area (Å²) in [5, 5.41) is 0. The second-order valence-electron chi connectivity index (χ2n) is 6.73. The number of aryl methyl sites for hydroxylation is 1. The molecule has 0 unspecified atom stereocenters. The molecule has 11 heteroatoms. The predicted octanol–water partition coefficient (Wildman–Crippen LogP) is 0.226.